The number of carbonyl (C=O) groups excluding carboxylic acids is 1. The van der Waals surface area contributed by atoms with E-state index in [9.17, 15) is 18.0 Å². The van der Waals surface area contributed by atoms with Crippen molar-refractivity contribution in [3.63, 3.8) is 0 Å². The van der Waals surface area contributed by atoms with E-state index in [1.165, 1.54) is 13.4 Å². The van der Waals surface area contributed by atoms with Crippen molar-refractivity contribution in [3.05, 3.63) is 53.2 Å². The minimum atomic E-state index is -4.51. The van der Waals surface area contributed by atoms with Gasteiger partial charge in [-0.15, -0.1) is 11.8 Å². The third kappa shape index (κ3) is 6.55. The fourth-order valence-electron chi connectivity index (χ4n) is 4.05. The molecule has 39 heavy (non-hydrogen) atoms. The average molecular weight is 558 g/mol. The van der Waals surface area contributed by atoms with Crippen LogP contribution in [0.1, 0.15) is 48.3 Å². The van der Waals surface area contributed by atoms with Crippen molar-refractivity contribution in [2.24, 2.45) is 4.99 Å². The fourth-order valence-corrected chi connectivity index (χ4v) is 4.46. The molecule has 206 valence electrons. The summed E-state index contributed by atoms with van der Waals surface area (Å²) in [5.74, 6) is 0.437. The van der Waals surface area contributed by atoms with Gasteiger partial charge in [0.1, 0.15) is 18.1 Å². The van der Waals surface area contributed by atoms with Crippen molar-refractivity contribution in [2.75, 3.05) is 23.5 Å². The van der Waals surface area contributed by atoms with E-state index in [1.807, 2.05) is 30.5 Å². The van der Waals surface area contributed by atoms with Crippen molar-refractivity contribution in [1.82, 2.24) is 19.9 Å². The van der Waals surface area contributed by atoms with E-state index in [0.29, 0.717) is 23.2 Å². The molecule has 1 aliphatic rings. The highest BCUT2D eigenvalue weighted by atomic mass is 32.2. The summed E-state index contributed by atoms with van der Waals surface area (Å²) >= 11 is 1.61. The van der Waals surface area contributed by atoms with Gasteiger partial charge in [-0.05, 0) is 57.6 Å². The molecule has 0 amide bonds. The number of benzene rings is 1. The topological polar surface area (TPSA) is 96.3 Å². The van der Waals surface area contributed by atoms with Crippen LogP contribution in [0.5, 0.6) is 0 Å². The van der Waals surface area contributed by atoms with E-state index in [2.05, 4.69) is 30.2 Å². The molecule has 12 heteroatoms. The summed E-state index contributed by atoms with van der Waals surface area (Å²) in [4.78, 5) is 36.4. The largest absolute Gasteiger partial charge is 0.408 e. The molecule has 1 aliphatic carbocycles. The zero-order chi connectivity index (χ0) is 28.3. The Morgan fingerprint density at radius 3 is 2.46 bits per heavy atom. The number of nitrogens with one attached hydrogen (secondary N) is 1. The van der Waals surface area contributed by atoms with Crippen LogP contribution in [0.4, 0.5) is 24.7 Å². The Morgan fingerprint density at radius 1 is 1.18 bits per heavy atom. The first-order valence-corrected chi connectivity index (χ1v) is 13.7. The van der Waals surface area contributed by atoms with Crippen LogP contribution in [0.15, 0.2) is 40.5 Å². The summed E-state index contributed by atoms with van der Waals surface area (Å²) in [5, 5.41) is 2.90. The van der Waals surface area contributed by atoms with E-state index in [-0.39, 0.29) is 35.6 Å². The normalized spacial score (nSPS) is 14.7. The van der Waals surface area contributed by atoms with Gasteiger partial charge in [0, 0.05) is 17.9 Å². The monoisotopic (exact) mass is 557 g/mol. The predicted molar refractivity (Wildman–Crippen MR) is 147 cm³/mol. The molecule has 0 bridgehead atoms. The third-order valence-corrected chi connectivity index (χ3v) is 7.41. The molecule has 0 saturated heterocycles. The van der Waals surface area contributed by atoms with Crippen LogP contribution in [0.2, 0.25) is 0 Å². The lowest BCUT2D eigenvalue weighted by Crippen LogP contribution is -2.42. The fraction of sp³-hybridized carbons (Fsp3) is 0.407. The molecule has 1 fully saturated rings. The van der Waals surface area contributed by atoms with Crippen LogP contribution in [-0.4, -0.2) is 57.6 Å². The Labute approximate surface area is 229 Å². The zero-order valence-corrected chi connectivity index (χ0v) is 23.2. The first-order chi connectivity index (χ1) is 18.5. The number of aromatic nitrogens is 4. The predicted octanol–water partition coefficient (Wildman–Crippen LogP) is 5.75. The molecule has 1 atom stereocenters. The molecule has 0 aliphatic heterocycles. The SMILES string of the molecule is CSc1ccc(CN=C(C=O)Nc2c(C)nc(-c3c(C)ncnc3C3CC3)nc2N(C)[C@@H](C)C(F)(F)F)cc1. The zero-order valence-electron chi connectivity index (χ0n) is 22.4. The van der Waals surface area contributed by atoms with E-state index in [4.69, 9.17) is 0 Å². The van der Waals surface area contributed by atoms with Crippen LogP contribution in [-0.2, 0) is 11.3 Å². The van der Waals surface area contributed by atoms with Gasteiger partial charge in [0.05, 0.1) is 29.2 Å². The minimum Gasteiger partial charge on any atom is -0.346 e. The number of halogens is 3. The summed E-state index contributed by atoms with van der Waals surface area (Å²) < 4.78 is 41.3. The number of anilines is 2. The highest BCUT2D eigenvalue weighted by molar-refractivity contribution is 7.98. The molecule has 1 aromatic carbocycles. The van der Waals surface area contributed by atoms with Crippen molar-refractivity contribution in [2.45, 2.75) is 63.2 Å². The van der Waals surface area contributed by atoms with E-state index in [1.54, 1.807) is 25.6 Å². The minimum absolute atomic E-state index is 0.00815. The van der Waals surface area contributed by atoms with Gasteiger partial charge >= 0.3 is 6.18 Å². The summed E-state index contributed by atoms with van der Waals surface area (Å²) in [5.41, 5.74) is 3.48. The second kappa shape index (κ2) is 11.7. The molecule has 4 rings (SSSR count). The van der Waals surface area contributed by atoms with E-state index in [0.717, 1.165) is 40.8 Å². The Balaban J connectivity index is 1.76. The lowest BCUT2D eigenvalue weighted by molar-refractivity contribution is -0.144. The number of amidine groups is 1. The number of carbonyl (C=O) groups is 1. The summed E-state index contributed by atoms with van der Waals surface area (Å²) in [7, 11) is 1.32. The quantitative estimate of drug-likeness (QED) is 0.154. The van der Waals surface area contributed by atoms with Crippen molar-refractivity contribution in [3.8, 4) is 11.4 Å². The van der Waals surface area contributed by atoms with Gasteiger partial charge in [-0.25, -0.2) is 19.9 Å². The van der Waals surface area contributed by atoms with Gasteiger partial charge in [-0.3, -0.25) is 9.79 Å². The maximum Gasteiger partial charge on any atom is 0.408 e. The Bertz CT molecular complexity index is 1380. The number of nitrogens with zero attached hydrogens (tertiary/aromatic N) is 6. The number of hydrogen-bond donors (Lipinski definition) is 1. The molecule has 3 aromatic rings. The first kappa shape index (κ1) is 28.5. The highest BCUT2D eigenvalue weighted by Crippen LogP contribution is 2.44. The first-order valence-electron chi connectivity index (χ1n) is 12.4. The van der Waals surface area contributed by atoms with Crippen molar-refractivity contribution >= 4 is 35.4 Å². The van der Waals surface area contributed by atoms with Gasteiger partial charge in [0.2, 0.25) is 0 Å². The molecule has 1 N–H and O–H groups in total. The molecule has 0 unspecified atom stereocenters. The smallest absolute Gasteiger partial charge is 0.346 e. The van der Waals surface area contributed by atoms with Crippen LogP contribution in [0, 0.1) is 13.8 Å². The molecule has 8 nitrogen and oxygen atoms in total. The van der Waals surface area contributed by atoms with Gasteiger partial charge in [-0.1, -0.05) is 12.1 Å². The van der Waals surface area contributed by atoms with Gasteiger partial charge in [0.25, 0.3) is 0 Å². The summed E-state index contributed by atoms with van der Waals surface area (Å²) in [6, 6.07) is 5.87. The standard InChI is InChI=1S/C27H30F3N7OS/c1-15-22(24(19-8-9-19)33-14-32-15)25-34-16(2)23(26(36-25)37(4)17(3)27(28,29)30)35-21(13-38)31-12-18-6-10-20(39-5)11-7-18/h6-7,10-11,13-14,17,19H,8-9,12H2,1-5H3,(H,31,35)/t17-/m0/s1. The Kier molecular flexibility index (Phi) is 8.53. The highest BCUT2D eigenvalue weighted by Gasteiger charge is 2.40. The van der Waals surface area contributed by atoms with E-state index >= 15 is 0 Å². The number of thioether (sulfide) groups is 1. The number of rotatable bonds is 9. The molecule has 2 aromatic heterocycles. The number of aryl methyl sites for hydroxylation is 2. The Hall–Kier alpha value is -3.54. The van der Waals surface area contributed by atoms with Gasteiger partial charge < -0.3 is 10.2 Å². The van der Waals surface area contributed by atoms with Gasteiger partial charge in [-0.2, -0.15) is 13.2 Å². The van der Waals surface area contributed by atoms with Gasteiger partial charge in [0.15, 0.2) is 23.8 Å². The number of aldehydes is 1. The van der Waals surface area contributed by atoms with E-state index < -0.39 is 12.2 Å². The molecule has 0 spiro atoms. The number of hydrogen-bond acceptors (Lipinski definition) is 8. The lowest BCUT2D eigenvalue weighted by atomic mass is 10.1. The summed E-state index contributed by atoms with van der Waals surface area (Å²) in [6.07, 6.45) is 1.42. The third-order valence-electron chi connectivity index (χ3n) is 6.67. The molecule has 1 saturated carbocycles. The molecule has 0 radical (unpaired) electrons. The lowest BCUT2D eigenvalue weighted by Gasteiger charge is -2.30. The van der Waals surface area contributed by atoms with Crippen LogP contribution >= 0.6 is 11.8 Å². The van der Waals surface area contributed by atoms with Crippen LogP contribution in [0.25, 0.3) is 11.4 Å². The maximum absolute atomic E-state index is 13.8. The van der Waals surface area contributed by atoms with Crippen molar-refractivity contribution in [1.29, 1.82) is 0 Å². The second-order valence-electron chi connectivity index (χ2n) is 9.45. The Morgan fingerprint density at radius 2 is 1.87 bits per heavy atom. The number of alkyl halides is 3. The molecular formula is C27H30F3N7OS. The molecule has 2 heterocycles. The second-order valence-corrected chi connectivity index (χ2v) is 10.3. The van der Waals surface area contributed by atoms with Crippen LogP contribution < -0.4 is 10.2 Å². The van der Waals surface area contributed by atoms with Crippen molar-refractivity contribution < 1.29 is 18.0 Å². The average Bonchev–Trinajstić information content (AvgIpc) is 3.76. The maximum atomic E-state index is 13.8. The van der Waals surface area contributed by atoms with Crippen LogP contribution in [0.3, 0.4) is 0 Å². The number of aliphatic imine (C=N–C) groups is 1. The molecular weight excluding hydrogens is 527 g/mol. The summed E-state index contributed by atoms with van der Waals surface area (Å²) in [6.45, 7) is 4.73.